The first-order valence-corrected chi connectivity index (χ1v) is 8.83. The van der Waals surface area contributed by atoms with Crippen LogP contribution in [0.1, 0.15) is 39.4 Å². The lowest BCUT2D eigenvalue weighted by atomic mass is 9.87. The molecule has 0 unspecified atom stereocenters. The number of imidazole rings is 1. The topological polar surface area (TPSA) is 165 Å². The van der Waals surface area contributed by atoms with Gasteiger partial charge in [0.15, 0.2) is 17.1 Å². The van der Waals surface area contributed by atoms with Crippen molar-refractivity contribution in [1.82, 2.24) is 18.7 Å². The van der Waals surface area contributed by atoms with Gasteiger partial charge in [-0.05, 0) is 6.42 Å². The van der Waals surface area contributed by atoms with E-state index in [1.165, 1.54) is 18.7 Å². The Morgan fingerprint density at radius 1 is 1.07 bits per heavy atom. The van der Waals surface area contributed by atoms with Gasteiger partial charge in [-0.2, -0.15) is 4.99 Å². The summed E-state index contributed by atoms with van der Waals surface area (Å²) >= 11 is 0. The lowest BCUT2D eigenvalue weighted by Crippen LogP contribution is -2.37. The van der Waals surface area contributed by atoms with Crippen LogP contribution in [0.4, 0.5) is 0 Å². The van der Waals surface area contributed by atoms with E-state index in [9.17, 15) is 9.59 Å². The van der Waals surface area contributed by atoms with Crippen LogP contribution in [-0.4, -0.2) is 37.7 Å². The van der Waals surface area contributed by atoms with Gasteiger partial charge in [0.1, 0.15) is 5.82 Å². The molecule has 28 heavy (non-hydrogen) atoms. The minimum absolute atomic E-state index is 0.0758. The molecule has 0 aliphatic carbocycles. The fraction of sp³-hybridized carbons (Fsp3) is 0.588. The summed E-state index contributed by atoms with van der Waals surface area (Å²) < 4.78 is 4.38. The Morgan fingerprint density at radius 3 is 2.07 bits per heavy atom. The Bertz CT molecular complexity index is 1020. The van der Waals surface area contributed by atoms with Crippen molar-refractivity contribution in [3.8, 4) is 0 Å². The number of aromatic nitrogens is 4. The predicted molar refractivity (Wildman–Crippen MR) is 112 cm³/mol. The van der Waals surface area contributed by atoms with Crippen LogP contribution in [-0.2, 0) is 26.6 Å². The third-order valence-corrected chi connectivity index (χ3v) is 4.43. The highest BCUT2D eigenvalue weighted by Crippen LogP contribution is 2.28. The summed E-state index contributed by atoms with van der Waals surface area (Å²) in [6, 6.07) is 0. The van der Waals surface area contributed by atoms with Crippen molar-refractivity contribution in [2.45, 2.75) is 39.0 Å². The second-order valence-corrected chi connectivity index (χ2v) is 7.12. The van der Waals surface area contributed by atoms with Crippen LogP contribution in [0.2, 0.25) is 0 Å². The lowest BCUT2D eigenvalue weighted by molar-refractivity contribution is 0.433. The first-order chi connectivity index (χ1) is 12.9. The Labute approximate surface area is 163 Å². The van der Waals surface area contributed by atoms with E-state index in [2.05, 4.69) is 35.7 Å². The molecule has 0 aliphatic rings. The average Bonchev–Trinajstić information content (AvgIpc) is 2.96. The van der Waals surface area contributed by atoms with Gasteiger partial charge in [-0.25, -0.2) is 9.78 Å². The first kappa shape index (κ1) is 22.9. The Balaban J connectivity index is 0.000000416. The van der Waals surface area contributed by atoms with Crippen LogP contribution in [0.5, 0.6) is 0 Å². The SMILES string of the molecule is CCCC(C)(C)c1nc2c(c(=O)n(C)c(=O)n2C)n1C.CN=C(N)N=C(N)N. The largest absolute Gasteiger partial charge is 0.370 e. The highest BCUT2D eigenvalue weighted by Gasteiger charge is 2.28. The maximum atomic E-state index is 12.3. The molecule has 0 fully saturated rings. The summed E-state index contributed by atoms with van der Waals surface area (Å²) in [5.74, 6) is 0.853. The molecule has 6 N–H and O–H groups in total. The number of hydrogen-bond donors (Lipinski definition) is 3. The van der Waals surface area contributed by atoms with E-state index in [-0.39, 0.29) is 28.6 Å². The third-order valence-electron chi connectivity index (χ3n) is 4.43. The second kappa shape index (κ2) is 8.72. The van der Waals surface area contributed by atoms with Crippen molar-refractivity contribution in [2.24, 2.45) is 48.3 Å². The number of fused-ring (bicyclic) bond motifs is 1. The Hall–Kier alpha value is -3.11. The van der Waals surface area contributed by atoms with Gasteiger partial charge in [-0.15, -0.1) is 0 Å². The standard InChI is InChI=1S/C14H22N4O2.C3H9N5/c1-7-8-14(2,3)12-15-10-9(16(12)4)11(19)18(6)13(20)17(10)5;1-7-3(6)8-2(4)5/h7-8H2,1-6H3;1H3,(H6,4,5,6,7,8). The van der Waals surface area contributed by atoms with Gasteiger partial charge in [0.2, 0.25) is 5.96 Å². The summed E-state index contributed by atoms with van der Waals surface area (Å²) in [6.45, 7) is 6.35. The minimum atomic E-state index is -0.347. The molecule has 11 heteroatoms. The van der Waals surface area contributed by atoms with Crippen molar-refractivity contribution >= 4 is 23.1 Å². The molecule has 2 rings (SSSR count). The molecular weight excluding hydrogens is 362 g/mol. The molecule has 0 saturated carbocycles. The van der Waals surface area contributed by atoms with Crippen molar-refractivity contribution in [3.05, 3.63) is 26.7 Å². The number of nitrogens with zero attached hydrogens (tertiary/aromatic N) is 6. The van der Waals surface area contributed by atoms with Crippen LogP contribution in [0.25, 0.3) is 11.2 Å². The van der Waals surface area contributed by atoms with Crippen LogP contribution in [0, 0.1) is 0 Å². The third kappa shape index (κ3) is 4.59. The maximum Gasteiger partial charge on any atom is 0.332 e. The highest BCUT2D eigenvalue weighted by atomic mass is 16.2. The van der Waals surface area contributed by atoms with E-state index >= 15 is 0 Å². The quantitative estimate of drug-likeness (QED) is 0.458. The van der Waals surface area contributed by atoms with Gasteiger partial charge < -0.3 is 21.8 Å². The monoisotopic (exact) mass is 393 g/mol. The average molecular weight is 393 g/mol. The van der Waals surface area contributed by atoms with E-state index in [1.54, 1.807) is 7.05 Å². The van der Waals surface area contributed by atoms with Gasteiger partial charge in [-0.3, -0.25) is 18.9 Å². The molecule has 0 bridgehead atoms. The fourth-order valence-electron chi connectivity index (χ4n) is 3.04. The molecule has 11 nitrogen and oxygen atoms in total. The molecule has 0 saturated heterocycles. The second-order valence-electron chi connectivity index (χ2n) is 7.12. The molecule has 2 aromatic rings. The maximum absolute atomic E-state index is 12.3. The smallest absolute Gasteiger partial charge is 0.332 e. The molecule has 2 heterocycles. The van der Waals surface area contributed by atoms with Crippen molar-refractivity contribution < 1.29 is 0 Å². The first-order valence-electron chi connectivity index (χ1n) is 8.83. The summed E-state index contributed by atoms with van der Waals surface area (Å²) in [7, 11) is 6.48. The van der Waals surface area contributed by atoms with Crippen LogP contribution in [0.3, 0.4) is 0 Å². The van der Waals surface area contributed by atoms with E-state index in [1.807, 2.05) is 11.6 Å². The van der Waals surface area contributed by atoms with Gasteiger partial charge in [-0.1, -0.05) is 27.2 Å². The van der Waals surface area contributed by atoms with E-state index in [0.717, 1.165) is 23.2 Å². The highest BCUT2D eigenvalue weighted by molar-refractivity contribution is 5.92. The van der Waals surface area contributed by atoms with E-state index in [0.29, 0.717) is 11.2 Å². The zero-order chi connectivity index (χ0) is 21.8. The number of nitrogens with two attached hydrogens (primary N) is 3. The number of rotatable bonds is 3. The van der Waals surface area contributed by atoms with E-state index in [4.69, 9.17) is 17.2 Å². The number of hydrogen-bond acceptors (Lipinski definition) is 4. The summed E-state index contributed by atoms with van der Waals surface area (Å²) in [5, 5.41) is 0. The molecule has 0 aliphatic heterocycles. The van der Waals surface area contributed by atoms with Crippen molar-refractivity contribution in [1.29, 1.82) is 0 Å². The summed E-state index contributed by atoms with van der Waals surface area (Å²) in [5.41, 5.74) is 15.1. The zero-order valence-electron chi connectivity index (χ0n) is 17.6. The van der Waals surface area contributed by atoms with Crippen molar-refractivity contribution in [2.75, 3.05) is 7.05 Å². The van der Waals surface area contributed by atoms with Gasteiger partial charge >= 0.3 is 5.69 Å². The van der Waals surface area contributed by atoms with Crippen LogP contribution < -0.4 is 28.5 Å². The fourth-order valence-corrected chi connectivity index (χ4v) is 3.04. The van der Waals surface area contributed by atoms with Gasteiger partial charge in [0.25, 0.3) is 5.56 Å². The predicted octanol–water partition coefficient (Wildman–Crippen LogP) is -0.747. The molecule has 156 valence electrons. The van der Waals surface area contributed by atoms with Gasteiger partial charge in [0, 0.05) is 33.6 Å². The molecule has 0 amide bonds. The zero-order valence-corrected chi connectivity index (χ0v) is 17.6. The lowest BCUT2D eigenvalue weighted by Gasteiger charge is -2.23. The van der Waals surface area contributed by atoms with Gasteiger partial charge in [0.05, 0.1) is 0 Å². The number of guanidine groups is 2. The molecule has 0 spiro atoms. The molecular formula is C17H31N9O2. The van der Waals surface area contributed by atoms with Crippen LogP contribution in [0.15, 0.2) is 19.6 Å². The summed E-state index contributed by atoms with van der Waals surface area (Å²) in [6.07, 6.45) is 2.01. The minimum Gasteiger partial charge on any atom is -0.370 e. The van der Waals surface area contributed by atoms with Crippen LogP contribution >= 0.6 is 0 Å². The molecule has 2 aromatic heterocycles. The molecule has 0 aromatic carbocycles. The molecule has 0 atom stereocenters. The Kier molecular flexibility index (Phi) is 7.14. The summed E-state index contributed by atoms with van der Waals surface area (Å²) in [4.78, 5) is 35.7. The van der Waals surface area contributed by atoms with E-state index < -0.39 is 0 Å². The number of aliphatic imine (C=N–C) groups is 2. The Morgan fingerprint density at radius 2 is 1.64 bits per heavy atom. The normalized spacial score (nSPS) is 11.9. The number of aryl methyl sites for hydroxylation is 2. The van der Waals surface area contributed by atoms with Crippen molar-refractivity contribution in [3.63, 3.8) is 0 Å². The molecule has 0 radical (unpaired) electrons.